The third kappa shape index (κ3) is 3.18. The predicted molar refractivity (Wildman–Crippen MR) is 87.5 cm³/mol. The second kappa shape index (κ2) is 6.35. The fraction of sp³-hybridized carbons (Fsp3) is 0.500. The molecule has 2 aromatic rings. The number of nitrogens with one attached hydrogen (secondary N) is 1. The Morgan fingerprint density at radius 2 is 2.10 bits per heavy atom. The van der Waals surface area contributed by atoms with Crippen molar-refractivity contribution in [2.45, 2.75) is 45.4 Å². The van der Waals surface area contributed by atoms with Crippen LogP contribution in [0.15, 0.2) is 29.4 Å². The van der Waals surface area contributed by atoms with Gasteiger partial charge in [-0.05, 0) is 43.7 Å². The smallest absolute Gasteiger partial charge is 0.204 e. The van der Waals surface area contributed by atoms with Crippen molar-refractivity contribution in [3.63, 3.8) is 0 Å². The number of fused-ring (bicyclic) bond motifs is 1. The summed E-state index contributed by atoms with van der Waals surface area (Å²) < 4.78 is 1.21. The molecule has 20 heavy (non-hydrogen) atoms. The van der Waals surface area contributed by atoms with Gasteiger partial charge in [-0.3, -0.25) is 5.43 Å². The number of rotatable bonds is 4. The van der Waals surface area contributed by atoms with Crippen LogP contribution in [0.3, 0.4) is 0 Å². The minimum atomic E-state index is 0.898. The van der Waals surface area contributed by atoms with Crippen LogP contribution in [0, 0.1) is 5.92 Å². The van der Waals surface area contributed by atoms with Gasteiger partial charge in [0.15, 0.2) is 0 Å². The van der Waals surface area contributed by atoms with Gasteiger partial charge in [-0.2, -0.15) is 5.10 Å². The molecule has 1 heterocycles. The Hall–Kier alpha value is -1.42. The molecule has 1 aliphatic rings. The first-order chi connectivity index (χ1) is 9.85. The maximum absolute atomic E-state index is 4.56. The van der Waals surface area contributed by atoms with Gasteiger partial charge >= 0.3 is 0 Å². The molecule has 1 aliphatic carbocycles. The second-order valence-electron chi connectivity index (χ2n) is 5.51. The Morgan fingerprint density at radius 1 is 1.30 bits per heavy atom. The topological polar surface area (TPSA) is 37.3 Å². The third-order valence-electron chi connectivity index (χ3n) is 3.98. The molecule has 1 saturated carbocycles. The summed E-state index contributed by atoms with van der Waals surface area (Å²) in [5.74, 6) is 0.918. The average Bonchev–Trinajstić information content (AvgIpc) is 2.90. The molecule has 1 N–H and O–H groups in total. The second-order valence-corrected chi connectivity index (χ2v) is 6.54. The highest BCUT2D eigenvalue weighted by molar-refractivity contribution is 7.22. The molecule has 4 heteroatoms. The Kier molecular flexibility index (Phi) is 4.31. The average molecular weight is 287 g/mol. The van der Waals surface area contributed by atoms with Crippen LogP contribution in [-0.2, 0) is 0 Å². The number of para-hydroxylation sites is 1. The minimum absolute atomic E-state index is 0.898. The zero-order chi connectivity index (χ0) is 13.8. The van der Waals surface area contributed by atoms with E-state index >= 15 is 0 Å². The summed E-state index contributed by atoms with van der Waals surface area (Å²) in [4.78, 5) is 4.54. The molecule has 0 unspecified atom stereocenters. The molecular weight excluding hydrogens is 266 g/mol. The lowest BCUT2D eigenvalue weighted by Crippen LogP contribution is -2.15. The minimum Gasteiger partial charge on any atom is -0.253 e. The molecule has 0 aliphatic heterocycles. The van der Waals surface area contributed by atoms with Gasteiger partial charge in [-0.25, -0.2) is 4.98 Å². The van der Waals surface area contributed by atoms with Crippen molar-refractivity contribution < 1.29 is 0 Å². The number of aromatic nitrogens is 1. The Morgan fingerprint density at radius 3 is 2.85 bits per heavy atom. The number of hydrazone groups is 1. The molecule has 0 saturated heterocycles. The van der Waals surface area contributed by atoms with Gasteiger partial charge in [0.2, 0.25) is 5.13 Å². The van der Waals surface area contributed by atoms with Crippen molar-refractivity contribution in [1.82, 2.24) is 4.98 Å². The van der Waals surface area contributed by atoms with Gasteiger partial charge in [0.05, 0.1) is 10.2 Å². The highest BCUT2D eigenvalue weighted by Gasteiger charge is 2.16. The molecule has 0 amide bonds. The van der Waals surface area contributed by atoms with Crippen LogP contribution in [0.5, 0.6) is 0 Å². The summed E-state index contributed by atoms with van der Waals surface area (Å²) in [5, 5.41) is 5.46. The summed E-state index contributed by atoms with van der Waals surface area (Å²) in [6, 6.07) is 8.21. The molecular formula is C16H21N3S. The lowest BCUT2D eigenvalue weighted by Gasteiger charge is -2.22. The van der Waals surface area contributed by atoms with Crippen molar-refractivity contribution in [3.8, 4) is 0 Å². The van der Waals surface area contributed by atoms with Crippen LogP contribution in [0.4, 0.5) is 5.13 Å². The molecule has 0 atom stereocenters. The van der Waals surface area contributed by atoms with Crippen molar-refractivity contribution in [3.05, 3.63) is 24.3 Å². The largest absolute Gasteiger partial charge is 0.253 e. The zero-order valence-corrected chi connectivity index (χ0v) is 12.7. The van der Waals surface area contributed by atoms with E-state index in [0.29, 0.717) is 0 Å². The lowest BCUT2D eigenvalue weighted by molar-refractivity contribution is 0.408. The summed E-state index contributed by atoms with van der Waals surface area (Å²) >= 11 is 1.67. The molecule has 1 fully saturated rings. The highest BCUT2D eigenvalue weighted by Crippen LogP contribution is 2.28. The maximum Gasteiger partial charge on any atom is 0.204 e. The molecule has 3 nitrogen and oxygen atoms in total. The Bertz CT molecular complexity index is 560. The maximum atomic E-state index is 4.56. The standard InChI is InChI=1S/C16H21N3S/c1-2-5-12-8-10-13(11-9-12)18-19-16-17-14-6-3-4-7-15(14)20-16/h3-4,6-7,12H,2,5,8-11H2,1H3,(H,17,19). The quantitative estimate of drug-likeness (QED) is 0.798. The number of benzene rings is 1. The number of hydrogen-bond donors (Lipinski definition) is 1. The van der Waals surface area contributed by atoms with Crippen molar-refractivity contribution in [1.29, 1.82) is 0 Å². The number of nitrogens with zero attached hydrogens (tertiary/aromatic N) is 2. The molecule has 1 aromatic carbocycles. The number of hydrogen-bond acceptors (Lipinski definition) is 4. The van der Waals surface area contributed by atoms with Crippen LogP contribution in [0.2, 0.25) is 0 Å². The first kappa shape index (κ1) is 13.6. The van der Waals surface area contributed by atoms with Gasteiger partial charge in [0.1, 0.15) is 0 Å². The summed E-state index contributed by atoms with van der Waals surface area (Å²) in [5.41, 5.74) is 5.50. The van der Waals surface area contributed by atoms with E-state index in [1.165, 1.54) is 36.1 Å². The van der Waals surface area contributed by atoms with Crippen LogP contribution in [0.1, 0.15) is 45.4 Å². The number of thiazole rings is 1. The summed E-state index contributed by atoms with van der Waals surface area (Å²) in [6.45, 7) is 2.28. The van der Waals surface area contributed by atoms with E-state index < -0.39 is 0 Å². The van der Waals surface area contributed by atoms with E-state index in [2.05, 4.69) is 28.5 Å². The molecule has 106 valence electrons. The van der Waals surface area contributed by atoms with E-state index in [4.69, 9.17) is 0 Å². The van der Waals surface area contributed by atoms with Gasteiger partial charge in [-0.15, -0.1) is 0 Å². The van der Waals surface area contributed by atoms with E-state index in [-0.39, 0.29) is 0 Å². The SMILES string of the molecule is CCCC1CCC(=NNc2nc3ccccc3s2)CC1. The summed E-state index contributed by atoms with van der Waals surface area (Å²) in [6.07, 6.45) is 7.56. The number of anilines is 1. The lowest BCUT2D eigenvalue weighted by atomic mass is 9.85. The molecule has 0 radical (unpaired) electrons. The van der Waals surface area contributed by atoms with E-state index in [1.54, 1.807) is 11.3 Å². The van der Waals surface area contributed by atoms with Gasteiger partial charge in [0.25, 0.3) is 0 Å². The van der Waals surface area contributed by atoms with Crippen molar-refractivity contribution in [2.24, 2.45) is 11.0 Å². The van der Waals surface area contributed by atoms with Gasteiger partial charge in [0, 0.05) is 5.71 Å². The van der Waals surface area contributed by atoms with E-state index in [0.717, 1.165) is 29.4 Å². The Balaban J connectivity index is 1.60. The summed E-state index contributed by atoms with van der Waals surface area (Å²) in [7, 11) is 0. The molecule has 0 spiro atoms. The van der Waals surface area contributed by atoms with Gasteiger partial charge < -0.3 is 0 Å². The molecule has 0 bridgehead atoms. The fourth-order valence-corrected chi connectivity index (χ4v) is 3.67. The zero-order valence-electron chi connectivity index (χ0n) is 11.9. The predicted octanol–water partition coefficient (Wildman–Crippen LogP) is 5.05. The first-order valence-electron chi connectivity index (χ1n) is 7.52. The fourth-order valence-electron chi connectivity index (χ4n) is 2.87. The first-order valence-corrected chi connectivity index (χ1v) is 8.34. The molecule has 1 aromatic heterocycles. The van der Waals surface area contributed by atoms with E-state index in [1.807, 2.05) is 18.2 Å². The van der Waals surface area contributed by atoms with Crippen LogP contribution < -0.4 is 5.43 Å². The highest BCUT2D eigenvalue weighted by atomic mass is 32.1. The monoisotopic (exact) mass is 287 g/mol. The van der Waals surface area contributed by atoms with E-state index in [9.17, 15) is 0 Å². The normalized spacial score (nSPS) is 19.2. The molecule has 3 rings (SSSR count). The van der Waals surface area contributed by atoms with Gasteiger partial charge in [-0.1, -0.05) is 43.2 Å². The van der Waals surface area contributed by atoms with Crippen LogP contribution in [-0.4, -0.2) is 10.7 Å². The third-order valence-corrected chi connectivity index (χ3v) is 4.92. The van der Waals surface area contributed by atoms with Crippen LogP contribution >= 0.6 is 11.3 Å². The van der Waals surface area contributed by atoms with Crippen molar-refractivity contribution in [2.75, 3.05) is 5.43 Å². The van der Waals surface area contributed by atoms with Crippen molar-refractivity contribution >= 4 is 32.4 Å². The van der Waals surface area contributed by atoms with Crippen LogP contribution in [0.25, 0.3) is 10.2 Å². The Labute approximate surface area is 124 Å².